The van der Waals surface area contributed by atoms with E-state index < -0.39 is 0 Å². The van der Waals surface area contributed by atoms with Crippen LogP contribution in [-0.4, -0.2) is 62.1 Å². The molecule has 136 valence electrons. The van der Waals surface area contributed by atoms with Crippen LogP contribution in [0, 0.1) is 0 Å². The van der Waals surface area contributed by atoms with E-state index in [2.05, 4.69) is 56.6 Å². The van der Waals surface area contributed by atoms with E-state index in [0.29, 0.717) is 6.04 Å². The Kier molecular flexibility index (Phi) is 13.9. The average Bonchev–Trinajstić information content (AvgIpc) is 2.52. The Morgan fingerprint density at radius 2 is 1.78 bits per heavy atom. The Balaban J connectivity index is 4.03. The van der Waals surface area contributed by atoms with Crippen LogP contribution >= 0.6 is 0 Å². The van der Waals surface area contributed by atoms with Gasteiger partial charge in [-0.15, -0.1) is 6.58 Å². The summed E-state index contributed by atoms with van der Waals surface area (Å²) < 4.78 is 0. The highest BCUT2D eigenvalue weighted by atomic mass is 15.3. The lowest BCUT2D eigenvalue weighted by Crippen LogP contribution is -2.39. The highest BCUT2D eigenvalue weighted by Crippen LogP contribution is 2.02. The standard InChI is InChI=1S/C19H40N4/c1-7-9-10-11-13-17-23(6)19(20-8-2)21-15-12-14-16-22(5)18(3)4/h7,18H,1,8-17H2,2-6H3,(H,20,21). The van der Waals surface area contributed by atoms with Gasteiger partial charge >= 0.3 is 0 Å². The first kappa shape index (κ1) is 22.0. The maximum absolute atomic E-state index is 4.77. The van der Waals surface area contributed by atoms with E-state index in [4.69, 9.17) is 4.99 Å². The molecule has 0 aromatic rings. The van der Waals surface area contributed by atoms with E-state index in [-0.39, 0.29) is 0 Å². The number of allylic oxidation sites excluding steroid dienone is 1. The lowest BCUT2D eigenvalue weighted by atomic mass is 10.2. The Morgan fingerprint density at radius 3 is 2.39 bits per heavy atom. The number of hydrogen-bond acceptors (Lipinski definition) is 2. The minimum absolute atomic E-state index is 0.628. The van der Waals surface area contributed by atoms with Crippen molar-refractivity contribution < 1.29 is 0 Å². The predicted molar refractivity (Wildman–Crippen MR) is 104 cm³/mol. The van der Waals surface area contributed by atoms with Crippen LogP contribution in [0.5, 0.6) is 0 Å². The molecule has 0 bridgehead atoms. The normalized spacial score (nSPS) is 12.0. The van der Waals surface area contributed by atoms with E-state index in [1.165, 1.54) is 25.7 Å². The molecule has 4 heteroatoms. The third-order valence-electron chi connectivity index (χ3n) is 4.16. The van der Waals surface area contributed by atoms with Gasteiger partial charge in [0.25, 0.3) is 0 Å². The summed E-state index contributed by atoms with van der Waals surface area (Å²) in [4.78, 5) is 9.42. The van der Waals surface area contributed by atoms with Gasteiger partial charge in [0.05, 0.1) is 0 Å². The Bertz CT molecular complexity index is 312. The molecule has 0 aliphatic rings. The van der Waals surface area contributed by atoms with Gasteiger partial charge in [0.15, 0.2) is 5.96 Å². The zero-order valence-electron chi connectivity index (χ0n) is 16.3. The maximum Gasteiger partial charge on any atom is 0.193 e. The summed E-state index contributed by atoms with van der Waals surface area (Å²) in [7, 11) is 4.33. The molecule has 0 saturated carbocycles. The van der Waals surface area contributed by atoms with Gasteiger partial charge in [-0.2, -0.15) is 0 Å². The molecule has 0 atom stereocenters. The second kappa shape index (κ2) is 14.6. The summed E-state index contributed by atoms with van der Waals surface area (Å²) in [5.41, 5.74) is 0. The molecular weight excluding hydrogens is 284 g/mol. The summed E-state index contributed by atoms with van der Waals surface area (Å²) in [6, 6.07) is 0.628. The number of aliphatic imine (C=N–C) groups is 1. The van der Waals surface area contributed by atoms with Crippen molar-refractivity contribution in [3.8, 4) is 0 Å². The molecule has 0 aliphatic carbocycles. The SMILES string of the molecule is C=CCCCCCN(C)C(=NCCCCN(C)C(C)C)NCC. The van der Waals surface area contributed by atoms with E-state index in [1.54, 1.807) is 0 Å². The van der Waals surface area contributed by atoms with Crippen molar-refractivity contribution in [2.24, 2.45) is 4.99 Å². The number of unbranched alkanes of at least 4 members (excludes halogenated alkanes) is 4. The smallest absolute Gasteiger partial charge is 0.193 e. The van der Waals surface area contributed by atoms with Gasteiger partial charge in [-0.1, -0.05) is 12.5 Å². The Labute approximate surface area is 145 Å². The van der Waals surface area contributed by atoms with Crippen molar-refractivity contribution in [3.05, 3.63) is 12.7 Å². The Hall–Kier alpha value is -1.03. The topological polar surface area (TPSA) is 30.9 Å². The lowest BCUT2D eigenvalue weighted by Gasteiger charge is -2.22. The molecule has 1 N–H and O–H groups in total. The fourth-order valence-corrected chi connectivity index (χ4v) is 2.31. The molecule has 0 aromatic carbocycles. The molecule has 0 rings (SSSR count). The van der Waals surface area contributed by atoms with Crippen LogP contribution in [0.25, 0.3) is 0 Å². The van der Waals surface area contributed by atoms with Crippen molar-refractivity contribution in [2.45, 2.75) is 65.3 Å². The molecular formula is C19H40N4. The van der Waals surface area contributed by atoms with Crippen LogP contribution in [0.4, 0.5) is 0 Å². The number of nitrogens with zero attached hydrogens (tertiary/aromatic N) is 3. The van der Waals surface area contributed by atoms with Gasteiger partial charge in [0.1, 0.15) is 0 Å². The lowest BCUT2D eigenvalue weighted by molar-refractivity contribution is 0.269. The van der Waals surface area contributed by atoms with Crippen LogP contribution in [0.1, 0.15) is 59.3 Å². The van der Waals surface area contributed by atoms with Crippen molar-refractivity contribution in [3.63, 3.8) is 0 Å². The van der Waals surface area contributed by atoms with Gasteiger partial charge in [-0.05, 0) is 66.5 Å². The van der Waals surface area contributed by atoms with Crippen LogP contribution in [0.15, 0.2) is 17.6 Å². The van der Waals surface area contributed by atoms with Gasteiger partial charge in [-0.3, -0.25) is 4.99 Å². The van der Waals surface area contributed by atoms with E-state index in [1.807, 2.05) is 6.08 Å². The Morgan fingerprint density at radius 1 is 1.09 bits per heavy atom. The molecule has 0 fully saturated rings. The quantitative estimate of drug-likeness (QED) is 0.242. The van der Waals surface area contributed by atoms with Gasteiger partial charge < -0.3 is 15.1 Å². The highest BCUT2D eigenvalue weighted by Gasteiger charge is 2.05. The summed E-state index contributed by atoms with van der Waals surface area (Å²) >= 11 is 0. The molecule has 4 nitrogen and oxygen atoms in total. The molecule has 0 aromatic heterocycles. The predicted octanol–water partition coefficient (Wildman–Crippen LogP) is 3.75. The van der Waals surface area contributed by atoms with Gasteiger partial charge in [0, 0.05) is 32.7 Å². The molecule has 0 radical (unpaired) electrons. The van der Waals surface area contributed by atoms with Crippen molar-refractivity contribution >= 4 is 5.96 Å². The van der Waals surface area contributed by atoms with Crippen LogP contribution < -0.4 is 5.32 Å². The van der Waals surface area contributed by atoms with E-state index in [9.17, 15) is 0 Å². The highest BCUT2D eigenvalue weighted by molar-refractivity contribution is 5.79. The summed E-state index contributed by atoms with van der Waals surface area (Å²) in [6.07, 6.45) is 9.22. The third-order valence-corrected chi connectivity index (χ3v) is 4.16. The van der Waals surface area contributed by atoms with E-state index in [0.717, 1.165) is 45.0 Å². The number of hydrogen-bond donors (Lipinski definition) is 1. The second-order valence-corrected chi connectivity index (χ2v) is 6.58. The van der Waals surface area contributed by atoms with Crippen LogP contribution in [0.2, 0.25) is 0 Å². The molecule has 0 heterocycles. The minimum Gasteiger partial charge on any atom is -0.357 e. The van der Waals surface area contributed by atoms with Crippen LogP contribution in [0.3, 0.4) is 0 Å². The third kappa shape index (κ3) is 12.1. The van der Waals surface area contributed by atoms with Crippen molar-refractivity contribution in [1.29, 1.82) is 0 Å². The maximum atomic E-state index is 4.77. The average molecular weight is 325 g/mol. The summed E-state index contributed by atoms with van der Waals surface area (Å²) in [6.45, 7) is 14.4. The minimum atomic E-state index is 0.628. The number of nitrogens with one attached hydrogen (secondary N) is 1. The van der Waals surface area contributed by atoms with Crippen molar-refractivity contribution in [2.75, 3.05) is 40.3 Å². The first-order chi connectivity index (χ1) is 11.0. The first-order valence-corrected chi connectivity index (χ1v) is 9.33. The van der Waals surface area contributed by atoms with Crippen molar-refractivity contribution in [1.82, 2.24) is 15.1 Å². The summed E-state index contributed by atoms with van der Waals surface area (Å²) in [5, 5.41) is 3.40. The van der Waals surface area contributed by atoms with Crippen LogP contribution in [-0.2, 0) is 0 Å². The molecule has 0 spiro atoms. The molecule has 0 amide bonds. The molecule has 0 unspecified atom stereocenters. The van der Waals surface area contributed by atoms with E-state index >= 15 is 0 Å². The number of rotatable bonds is 13. The largest absolute Gasteiger partial charge is 0.357 e. The zero-order chi connectivity index (χ0) is 17.5. The molecule has 23 heavy (non-hydrogen) atoms. The first-order valence-electron chi connectivity index (χ1n) is 9.33. The fraction of sp³-hybridized carbons (Fsp3) is 0.842. The zero-order valence-corrected chi connectivity index (χ0v) is 16.3. The number of guanidine groups is 1. The molecule has 0 aliphatic heterocycles. The monoisotopic (exact) mass is 324 g/mol. The molecule has 0 saturated heterocycles. The fourth-order valence-electron chi connectivity index (χ4n) is 2.31. The van der Waals surface area contributed by atoms with Gasteiger partial charge in [0.2, 0.25) is 0 Å². The summed E-state index contributed by atoms with van der Waals surface area (Å²) in [5.74, 6) is 1.05. The van der Waals surface area contributed by atoms with Gasteiger partial charge in [-0.25, -0.2) is 0 Å². The second-order valence-electron chi connectivity index (χ2n) is 6.58.